The normalized spacial score (nSPS) is 12.8. The van der Waals surface area contributed by atoms with Crippen molar-refractivity contribution in [1.82, 2.24) is 0 Å². The SMILES string of the molecule is Cc1ccc(/C=C(\C#N)C(=O)c2ccc3c(c2)OCO3)cc1C. The van der Waals surface area contributed by atoms with Gasteiger partial charge in [-0.1, -0.05) is 18.2 Å². The largest absolute Gasteiger partial charge is 0.454 e. The van der Waals surface area contributed by atoms with E-state index in [1.807, 2.05) is 38.1 Å². The lowest BCUT2D eigenvalue weighted by Crippen LogP contribution is -2.02. The average Bonchev–Trinajstić information content (AvgIpc) is 3.02. The highest BCUT2D eigenvalue weighted by Gasteiger charge is 2.18. The number of carbonyl (C=O) groups is 1. The number of fused-ring (bicyclic) bond motifs is 1. The molecule has 0 atom stereocenters. The van der Waals surface area contributed by atoms with E-state index in [9.17, 15) is 10.1 Å². The highest BCUT2D eigenvalue weighted by molar-refractivity contribution is 6.14. The number of ketones is 1. The summed E-state index contributed by atoms with van der Waals surface area (Å²) < 4.78 is 10.5. The van der Waals surface area contributed by atoms with Crippen LogP contribution in [0.25, 0.3) is 6.08 Å². The molecule has 0 aromatic heterocycles. The third kappa shape index (κ3) is 2.95. The Morgan fingerprint density at radius 2 is 1.87 bits per heavy atom. The smallest absolute Gasteiger partial charge is 0.231 e. The van der Waals surface area contributed by atoms with Crippen molar-refractivity contribution < 1.29 is 14.3 Å². The summed E-state index contributed by atoms with van der Waals surface area (Å²) in [6.07, 6.45) is 1.61. The van der Waals surface area contributed by atoms with E-state index in [1.165, 1.54) is 5.56 Å². The topological polar surface area (TPSA) is 59.3 Å². The molecule has 4 heteroatoms. The van der Waals surface area contributed by atoms with Crippen LogP contribution in [0, 0.1) is 25.2 Å². The third-order valence-electron chi connectivity index (χ3n) is 3.84. The van der Waals surface area contributed by atoms with Gasteiger partial charge >= 0.3 is 0 Å². The lowest BCUT2D eigenvalue weighted by atomic mass is 10.00. The Morgan fingerprint density at radius 3 is 2.61 bits per heavy atom. The minimum absolute atomic E-state index is 0.0899. The zero-order valence-electron chi connectivity index (χ0n) is 12.9. The molecule has 0 aliphatic carbocycles. The average molecular weight is 305 g/mol. The van der Waals surface area contributed by atoms with Crippen molar-refractivity contribution in [3.8, 4) is 17.6 Å². The molecule has 2 aromatic rings. The van der Waals surface area contributed by atoms with Gasteiger partial charge in [0.05, 0.1) is 0 Å². The second-order valence-electron chi connectivity index (χ2n) is 5.41. The van der Waals surface area contributed by atoms with E-state index in [-0.39, 0.29) is 18.1 Å². The molecule has 1 aliphatic heterocycles. The van der Waals surface area contributed by atoms with Gasteiger partial charge in [-0.3, -0.25) is 4.79 Å². The molecule has 3 rings (SSSR count). The minimum atomic E-state index is -0.330. The molecular formula is C19H15NO3. The first kappa shape index (κ1) is 14.9. The third-order valence-corrected chi connectivity index (χ3v) is 3.84. The molecule has 0 unspecified atom stereocenters. The fraction of sp³-hybridized carbons (Fsp3) is 0.158. The van der Waals surface area contributed by atoms with Gasteiger partial charge in [-0.15, -0.1) is 0 Å². The second kappa shape index (κ2) is 5.98. The fourth-order valence-corrected chi connectivity index (χ4v) is 2.36. The van der Waals surface area contributed by atoms with Crippen LogP contribution in [0.15, 0.2) is 42.0 Å². The number of aryl methyl sites for hydroxylation is 2. The Labute approximate surface area is 134 Å². The molecule has 0 fully saturated rings. The Morgan fingerprint density at radius 1 is 1.09 bits per heavy atom. The molecule has 0 bridgehead atoms. The van der Waals surface area contributed by atoms with Gasteiger partial charge in [0.25, 0.3) is 0 Å². The summed E-state index contributed by atoms with van der Waals surface area (Å²) in [5, 5.41) is 9.34. The Kier molecular flexibility index (Phi) is 3.86. The van der Waals surface area contributed by atoms with Gasteiger partial charge in [-0.05, 0) is 54.8 Å². The van der Waals surface area contributed by atoms with Crippen molar-refractivity contribution >= 4 is 11.9 Å². The molecule has 0 saturated carbocycles. The number of hydrogen-bond acceptors (Lipinski definition) is 4. The monoisotopic (exact) mass is 305 g/mol. The van der Waals surface area contributed by atoms with Crippen molar-refractivity contribution in [2.75, 3.05) is 6.79 Å². The number of hydrogen-bond donors (Lipinski definition) is 0. The number of benzene rings is 2. The van der Waals surface area contributed by atoms with E-state index in [2.05, 4.69) is 0 Å². The maximum absolute atomic E-state index is 12.5. The van der Waals surface area contributed by atoms with E-state index < -0.39 is 0 Å². The van der Waals surface area contributed by atoms with Crippen LogP contribution in [0.2, 0.25) is 0 Å². The van der Waals surface area contributed by atoms with Gasteiger partial charge in [0.15, 0.2) is 11.5 Å². The van der Waals surface area contributed by atoms with Crippen LogP contribution in [0.4, 0.5) is 0 Å². The summed E-state index contributed by atoms with van der Waals surface area (Å²) in [5.74, 6) is 0.807. The van der Waals surface area contributed by atoms with Crippen LogP contribution < -0.4 is 9.47 Å². The summed E-state index contributed by atoms with van der Waals surface area (Å²) >= 11 is 0. The van der Waals surface area contributed by atoms with Crippen LogP contribution in [0.1, 0.15) is 27.0 Å². The number of nitrogens with zero attached hydrogens (tertiary/aromatic N) is 1. The first-order chi connectivity index (χ1) is 11.1. The number of ether oxygens (including phenoxy) is 2. The summed E-state index contributed by atoms with van der Waals surface area (Å²) in [7, 11) is 0. The molecule has 0 radical (unpaired) electrons. The van der Waals surface area contributed by atoms with E-state index in [4.69, 9.17) is 9.47 Å². The summed E-state index contributed by atoms with van der Waals surface area (Å²) in [5.41, 5.74) is 3.62. The van der Waals surface area contributed by atoms with Gasteiger partial charge in [-0.25, -0.2) is 0 Å². The van der Waals surface area contributed by atoms with Crippen molar-refractivity contribution in [2.45, 2.75) is 13.8 Å². The molecule has 23 heavy (non-hydrogen) atoms. The predicted molar refractivity (Wildman–Crippen MR) is 86.4 cm³/mol. The number of rotatable bonds is 3. The number of Topliss-reactive ketones (excluding diaryl/α,β-unsaturated/α-hetero) is 1. The summed E-state index contributed by atoms with van der Waals surface area (Å²) in [4.78, 5) is 12.5. The van der Waals surface area contributed by atoms with Crippen LogP contribution >= 0.6 is 0 Å². The molecule has 0 N–H and O–H groups in total. The predicted octanol–water partition coefficient (Wildman–Crippen LogP) is 3.82. The zero-order valence-corrected chi connectivity index (χ0v) is 12.9. The van der Waals surface area contributed by atoms with Gasteiger partial charge in [-0.2, -0.15) is 5.26 Å². The quantitative estimate of drug-likeness (QED) is 0.491. The Bertz CT molecular complexity index is 859. The second-order valence-corrected chi connectivity index (χ2v) is 5.41. The molecule has 0 amide bonds. The van der Waals surface area contributed by atoms with E-state index in [0.717, 1.165) is 11.1 Å². The number of nitriles is 1. The molecular weight excluding hydrogens is 290 g/mol. The van der Waals surface area contributed by atoms with Crippen molar-refractivity contribution in [3.05, 3.63) is 64.2 Å². The van der Waals surface area contributed by atoms with Gasteiger partial charge in [0.2, 0.25) is 12.6 Å². The Hall–Kier alpha value is -3.06. The summed E-state index contributed by atoms with van der Waals surface area (Å²) in [6, 6.07) is 12.7. The first-order valence-electron chi connectivity index (χ1n) is 7.22. The van der Waals surface area contributed by atoms with Gasteiger partial charge < -0.3 is 9.47 Å². The van der Waals surface area contributed by atoms with Gasteiger partial charge in [0, 0.05) is 5.56 Å². The van der Waals surface area contributed by atoms with Crippen molar-refractivity contribution in [2.24, 2.45) is 0 Å². The molecule has 0 spiro atoms. The Balaban J connectivity index is 1.94. The highest BCUT2D eigenvalue weighted by atomic mass is 16.7. The molecule has 4 nitrogen and oxygen atoms in total. The first-order valence-corrected chi connectivity index (χ1v) is 7.22. The van der Waals surface area contributed by atoms with E-state index in [1.54, 1.807) is 24.3 Å². The molecule has 114 valence electrons. The minimum Gasteiger partial charge on any atom is -0.454 e. The number of carbonyl (C=O) groups excluding carboxylic acids is 1. The maximum Gasteiger partial charge on any atom is 0.231 e. The summed E-state index contributed by atoms with van der Waals surface area (Å²) in [6.45, 7) is 4.17. The standard InChI is InChI=1S/C19H15NO3/c1-12-3-4-14(7-13(12)2)8-16(10-20)19(21)15-5-6-17-18(9-15)23-11-22-17/h3-9H,11H2,1-2H3/b16-8+. The maximum atomic E-state index is 12.5. The van der Waals surface area contributed by atoms with Crippen molar-refractivity contribution in [3.63, 3.8) is 0 Å². The molecule has 1 aliphatic rings. The van der Waals surface area contributed by atoms with E-state index in [0.29, 0.717) is 17.1 Å². The van der Waals surface area contributed by atoms with Gasteiger partial charge in [0.1, 0.15) is 11.6 Å². The van der Waals surface area contributed by atoms with Crippen LogP contribution in [-0.2, 0) is 0 Å². The molecule has 1 heterocycles. The lowest BCUT2D eigenvalue weighted by Gasteiger charge is -2.04. The fourth-order valence-electron chi connectivity index (χ4n) is 2.36. The molecule has 0 saturated heterocycles. The number of allylic oxidation sites excluding steroid dienone is 1. The molecule has 2 aromatic carbocycles. The van der Waals surface area contributed by atoms with Crippen molar-refractivity contribution in [1.29, 1.82) is 5.26 Å². The van der Waals surface area contributed by atoms with Crippen LogP contribution in [-0.4, -0.2) is 12.6 Å². The van der Waals surface area contributed by atoms with E-state index >= 15 is 0 Å². The van der Waals surface area contributed by atoms with Crippen LogP contribution in [0.3, 0.4) is 0 Å². The highest BCUT2D eigenvalue weighted by Crippen LogP contribution is 2.33. The lowest BCUT2D eigenvalue weighted by molar-refractivity contribution is 0.103. The van der Waals surface area contributed by atoms with Crippen LogP contribution in [0.5, 0.6) is 11.5 Å². The zero-order chi connectivity index (χ0) is 16.4.